The molecule has 58 heavy (non-hydrogen) atoms. The van der Waals surface area contributed by atoms with Gasteiger partial charge in [0, 0.05) is 24.5 Å². The van der Waals surface area contributed by atoms with E-state index in [2.05, 4.69) is 21.0 Å². The number of Topliss-reactive ketones (excluding diaryl/α,β-unsaturated/α-hetero) is 1. The number of benzene rings is 4. The van der Waals surface area contributed by atoms with Crippen molar-refractivity contribution in [3.8, 4) is 0 Å². The first-order valence-electron chi connectivity index (χ1n) is 18.9. The summed E-state index contributed by atoms with van der Waals surface area (Å²) in [5, 5.41) is 19.5. The molecule has 8 N–H and O–H groups in total. The number of fused-ring (bicyclic) bond motifs is 1. The van der Waals surface area contributed by atoms with Gasteiger partial charge in [-0.05, 0) is 34.7 Å². The van der Waals surface area contributed by atoms with E-state index in [9.17, 15) is 29.1 Å². The molecule has 0 aliphatic carbocycles. The first-order chi connectivity index (χ1) is 27.9. The number of ether oxygens (including phenoxy) is 1. The molecule has 0 saturated carbocycles. The number of aromatic nitrogens is 1. The number of hydrazine groups is 1. The van der Waals surface area contributed by atoms with E-state index in [1.54, 1.807) is 74.5 Å². The van der Waals surface area contributed by atoms with Crippen LogP contribution >= 0.6 is 0 Å². The Labute approximate surface area is 336 Å². The van der Waals surface area contributed by atoms with Gasteiger partial charge in [0.25, 0.3) is 11.8 Å². The van der Waals surface area contributed by atoms with Crippen LogP contribution in [-0.4, -0.2) is 69.4 Å². The van der Waals surface area contributed by atoms with Gasteiger partial charge >= 0.3 is 6.09 Å². The lowest BCUT2D eigenvalue weighted by atomic mass is 9.82. The van der Waals surface area contributed by atoms with E-state index in [1.165, 1.54) is 11.1 Å². The molecule has 5 rings (SSSR count). The molecule has 1 aromatic heterocycles. The van der Waals surface area contributed by atoms with Crippen LogP contribution in [0.2, 0.25) is 0 Å². The molecule has 0 bridgehead atoms. The zero-order chi connectivity index (χ0) is 41.6. The molecule has 0 fully saturated rings. The monoisotopic (exact) mass is 787 g/mol. The highest BCUT2D eigenvalue weighted by atomic mass is 16.5. The number of carbonyl (C=O) groups excluding carboxylic acids is 5. The maximum atomic E-state index is 14.6. The largest absolute Gasteiger partial charge is 0.445 e. The van der Waals surface area contributed by atoms with E-state index in [0.717, 1.165) is 16.5 Å². The molecule has 0 spiro atoms. The number of hydrogen-bond acceptors (Lipinski definition) is 10. The lowest BCUT2D eigenvalue weighted by Crippen LogP contribution is -2.57. The van der Waals surface area contributed by atoms with E-state index in [4.69, 9.17) is 16.2 Å². The zero-order valence-corrected chi connectivity index (χ0v) is 32.4. The zero-order valence-electron chi connectivity index (χ0n) is 32.4. The minimum atomic E-state index is -1.58. The summed E-state index contributed by atoms with van der Waals surface area (Å²) < 4.78 is 5.37. The average molecular weight is 788 g/mol. The highest BCUT2D eigenvalue weighted by molar-refractivity contribution is 6.00. The van der Waals surface area contributed by atoms with E-state index in [1.807, 2.05) is 60.7 Å². The average Bonchev–Trinajstić information content (AvgIpc) is 3.22. The quantitative estimate of drug-likeness (QED) is 0.0663. The van der Waals surface area contributed by atoms with E-state index in [-0.39, 0.29) is 31.3 Å². The van der Waals surface area contributed by atoms with Gasteiger partial charge in [0.15, 0.2) is 5.78 Å². The molecule has 4 aromatic carbocycles. The number of hydrogen-bond donors (Lipinski definition) is 6. The Morgan fingerprint density at radius 3 is 2.02 bits per heavy atom. The molecule has 4 amide bonds. The SMILES string of the molecule is CC(C)[C@H](NC(=O)OCc1ccccc1)C(=O)NN(Cc1ccccc1)C[C@@H](O)[C@@H](C(=O)[C@H](CC(N)=O)NC(=O)c1ccc2ccccc2n1)C(N)c1ccccc1. The summed E-state index contributed by atoms with van der Waals surface area (Å²) in [4.78, 5) is 71.7. The molecule has 0 aliphatic rings. The van der Waals surface area contributed by atoms with Gasteiger partial charge in [-0.3, -0.25) is 24.6 Å². The van der Waals surface area contributed by atoms with Gasteiger partial charge in [-0.25, -0.2) is 14.8 Å². The number of primary amides is 1. The molecule has 5 atom stereocenters. The number of amides is 4. The fraction of sp³-hybridized carbons (Fsp3) is 0.273. The van der Waals surface area contributed by atoms with Crippen molar-refractivity contribution in [2.45, 2.75) is 57.6 Å². The third-order valence-corrected chi connectivity index (χ3v) is 9.53. The summed E-state index contributed by atoms with van der Waals surface area (Å²) in [6.07, 6.45) is -2.97. The minimum Gasteiger partial charge on any atom is -0.445 e. The summed E-state index contributed by atoms with van der Waals surface area (Å²) in [7, 11) is 0. The number of pyridine rings is 1. The third kappa shape index (κ3) is 12.0. The standard InChI is InChI=1S/C44H49N7O7/c1-28(2)40(49-44(57)58-27-30-16-8-4-9-17-30)43(56)50-51(25-29-14-6-3-7-15-29)26-36(52)38(39(46)32-19-10-5-11-20-32)41(54)35(24-37(45)53)48-42(55)34-23-22-31-18-12-13-21-33(31)47-34/h3-23,28,35-36,38-40,52H,24-27,46H2,1-2H3,(H2,45,53)(H,48,55)(H,49,57)(H,50,56)/t35-,36+,38+,39?,40-/m0/s1. The number of nitrogens with two attached hydrogens (primary N) is 2. The molecule has 5 aromatic rings. The molecule has 0 saturated heterocycles. The topological polar surface area (TPSA) is 219 Å². The van der Waals surface area contributed by atoms with Crippen molar-refractivity contribution in [1.29, 1.82) is 0 Å². The molecule has 0 aliphatic heterocycles. The number of carbonyl (C=O) groups is 5. The lowest BCUT2D eigenvalue weighted by Gasteiger charge is -2.34. The van der Waals surface area contributed by atoms with Crippen molar-refractivity contribution in [3.63, 3.8) is 0 Å². The molecule has 14 heteroatoms. The number of nitrogens with one attached hydrogen (secondary N) is 3. The van der Waals surface area contributed by atoms with Crippen molar-refractivity contribution >= 4 is 40.5 Å². The van der Waals surface area contributed by atoms with Crippen molar-refractivity contribution in [2.24, 2.45) is 23.3 Å². The number of ketones is 1. The van der Waals surface area contributed by atoms with Gasteiger partial charge in [0.1, 0.15) is 18.3 Å². The predicted molar refractivity (Wildman–Crippen MR) is 218 cm³/mol. The van der Waals surface area contributed by atoms with E-state index >= 15 is 0 Å². The Kier molecular flexibility index (Phi) is 15.2. The number of nitrogens with zero attached hydrogens (tertiary/aromatic N) is 2. The number of rotatable bonds is 19. The second-order valence-corrected chi connectivity index (χ2v) is 14.3. The molecule has 302 valence electrons. The molecule has 14 nitrogen and oxygen atoms in total. The maximum Gasteiger partial charge on any atom is 0.408 e. The normalized spacial score (nSPS) is 13.8. The van der Waals surface area contributed by atoms with Crippen molar-refractivity contribution in [1.82, 2.24) is 26.1 Å². The first-order valence-corrected chi connectivity index (χ1v) is 18.9. The Morgan fingerprint density at radius 2 is 1.38 bits per heavy atom. The first kappa shape index (κ1) is 42.7. The van der Waals surface area contributed by atoms with Crippen LogP contribution in [0.5, 0.6) is 0 Å². The van der Waals surface area contributed by atoms with Crippen LogP contribution in [-0.2, 0) is 32.3 Å². The highest BCUT2D eigenvalue weighted by Crippen LogP contribution is 2.27. The third-order valence-electron chi connectivity index (χ3n) is 9.53. The molecular formula is C44H49N7O7. The number of para-hydroxylation sites is 1. The fourth-order valence-corrected chi connectivity index (χ4v) is 6.51. The summed E-state index contributed by atoms with van der Waals surface area (Å²) >= 11 is 0. The summed E-state index contributed by atoms with van der Waals surface area (Å²) in [5.74, 6) is -4.79. The van der Waals surface area contributed by atoms with Crippen molar-refractivity contribution in [2.75, 3.05) is 6.54 Å². The number of aliphatic hydroxyl groups excluding tert-OH is 1. The Morgan fingerprint density at radius 1 is 0.776 bits per heavy atom. The smallest absolute Gasteiger partial charge is 0.408 e. The van der Waals surface area contributed by atoms with Crippen LogP contribution in [0.15, 0.2) is 127 Å². The van der Waals surface area contributed by atoms with Crippen molar-refractivity contribution < 1.29 is 33.8 Å². The van der Waals surface area contributed by atoms with Crippen LogP contribution in [0.3, 0.4) is 0 Å². The number of aliphatic hydroxyl groups is 1. The second kappa shape index (κ2) is 20.6. The van der Waals surface area contributed by atoms with Crippen LogP contribution in [0, 0.1) is 11.8 Å². The summed E-state index contributed by atoms with van der Waals surface area (Å²) in [5.41, 5.74) is 17.7. The molecular weight excluding hydrogens is 739 g/mol. The second-order valence-electron chi connectivity index (χ2n) is 14.3. The molecule has 0 radical (unpaired) electrons. The minimum absolute atomic E-state index is 0.000520. The number of alkyl carbamates (subject to hydrolysis) is 1. The predicted octanol–water partition coefficient (Wildman–Crippen LogP) is 3.94. The lowest BCUT2D eigenvalue weighted by molar-refractivity contribution is -0.134. The Bertz CT molecular complexity index is 2160. The van der Waals surface area contributed by atoms with Gasteiger partial charge in [-0.1, -0.05) is 129 Å². The summed E-state index contributed by atoms with van der Waals surface area (Å²) in [6.45, 7) is 3.24. The van der Waals surface area contributed by atoms with Crippen LogP contribution < -0.4 is 27.5 Å². The van der Waals surface area contributed by atoms with Gasteiger partial charge in [-0.2, -0.15) is 0 Å². The Hall–Kier alpha value is -6.48. The van der Waals surface area contributed by atoms with E-state index < -0.39 is 66.2 Å². The Balaban J connectivity index is 1.41. The highest BCUT2D eigenvalue weighted by Gasteiger charge is 2.40. The van der Waals surface area contributed by atoms with Gasteiger partial charge in [0.2, 0.25) is 5.91 Å². The van der Waals surface area contributed by atoms with Gasteiger partial charge < -0.3 is 31.9 Å². The fourth-order valence-electron chi connectivity index (χ4n) is 6.51. The van der Waals surface area contributed by atoms with Crippen LogP contribution in [0.4, 0.5) is 4.79 Å². The van der Waals surface area contributed by atoms with Gasteiger partial charge in [-0.15, -0.1) is 0 Å². The van der Waals surface area contributed by atoms with Crippen LogP contribution in [0.25, 0.3) is 10.9 Å². The van der Waals surface area contributed by atoms with Crippen molar-refractivity contribution in [3.05, 3.63) is 150 Å². The summed E-state index contributed by atoms with van der Waals surface area (Å²) in [6, 6.07) is 33.5. The van der Waals surface area contributed by atoms with Gasteiger partial charge in [0.05, 0.1) is 30.0 Å². The molecule has 1 unspecified atom stereocenters. The molecule has 1 heterocycles. The van der Waals surface area contributed by atoms with E-state index in [0.29, 0.717) is 11.1 Å². The maximum absolute atomic E-state index is 14.6. The van der Waals surface area contributed by atoms with Crippen LogP contribution in [0.1, 0.15) is 53.5 Å².